The fourth-order valence-electron chi connectivity index (χ4n) is 2.11. The Labute approximate surface area is 114 Å². The van der Waals surface area contributed by atoms with Crippen molar-refractivity contribution in [2.75, 3.05) is 25.1 Å². The molecule has 0 saturated carbocycles. The van der Waals surface area contributed by atoms with Gasteiger partial charge in [-0.2, -0.15) is 0 Å². The average molecular weight is 314 g/mol. The maximum Gasteiger partial charge on any atom is 0.338 e. The van der Waals surface area contributed by atoms with E-state index in [4.69, 9.17) is 4.74 Å². The van der Waals surface area contributed by atoms with Crippen LogP contribution in [-0.2, 0) is 4.74 Å². The molecule has 0 bridgehead atoms. The summed E-state index contributed by atoms with van der Waals surface area (Å²) in [6, 6.07) is 5.35. The summed E-state index contributed by atoms with van der Waals surface area (Å²) in [7, 11) is 0. The minimum Gasteiger partial charge on any atom is -0.478 e. The molecule has 1 aromatic carbocycles. The average Bonchev–Trinajstić information content (AvgIpc) is 2.37. The Hall–Kier alpha value is -1.07. The van der Waals surface area contributed by atoms with Gasteiger partial charge in [0.1, 0.15) is 0 Å². The van der Waals surface area contributed by atoms with Crippen molar-refractivity contribution in [3.63, 3.8) is 0 Å². The molecule has 1 unspecified atom stereocenters. The first-order valence-corrected chi connectivity index (χ1v) is 6.81. The lowest BCUT2D eigenvalue weighted by Gasteiger charge is -2.23. The van der Waals surface area contributed by atoms with Crippen molar-refractivity contribution in [3.8, 4) is 0 Å². The highest BCUT2D eigenvalue weighted by molar-refractivity contribution is 9.10. The van der Waals surface area contributed by atoms with Gasteiger partial charge in [0.05, 0.1) is 12.2 Å². The van der Waals surface area contributed by atoms with Crippen molar-refractivity contribution >= 4 is 27.6 Å². The van der Waals surface area contributed by atoms with E-state index in [-0.39, 0.29) is 5.56 Å². The van der Waals surface area contributed by atoms with Crippen molar-refractivity contribution in [1.82, 2.24) is 0 Å². The van der Waals surface area contributed by atoms with Gasteiger partial charge in [-0.05, 0) is 46.8 Å². The number of nitrogens with one attached hydrogen (secondary N) is 1. The van der Waals surface area contributed by atoms with E-state index in [2.05, 4.69) is 21.2 Å². The summed E-state index contributed by atoms with van der Waals surface area (Å²) in [5, 5.41) is 12.4. The second-order valence-corrected chi connectivity index (χ2v) is 5.29. The molecule has 1 heterocycles. The summed E-state index contributed by atoms with van der Waals surface area (Å²) in [5.41, 5.74) is 0.941. The van der Waals surface area contributed by atoms with Gasteiger partial charge >= 0.3 is 5.97 Å². The van der Waals surface area contributed by atoms with E-state index in [1.807, 2.05) is 6.07 Å². The number of halogens is 1. The third-order valence-corrected chi connectivity index (χ3v) is 3.72. The molecule has 0 aliphatic carbocycles. The normalized spacial score (nSPS) is 19.5. The van der Waals surface area contributed by atoms with Crippen LogP contribution < -0.4 is 5.32 Å². The smallest absolute Gasteiger partial charge is 0.338 e. The SMILES string of the molecule is O=C(O)c1c(Br)cccc1NCC1CCCOC1. The number of carboxylic acids is 1. The largest absolute Gasteiger partial charge is 0.478 e. The summed E-state index contributed by atoms with van der Waals surface area (Å²) < 4.78 is 6.00. The molecule has 0 amide bonds. The molecule has 5 heteroatoms. The third kappa shape index (κ3) is 3.23. The zero-order valence-electron chi connectivity index (χ0n) is 9.99. The molecule has 0 spiro atoms. The van der Waals surface area contributed by atoms with Crippen molar-refractivity contribution in [2.45, 2.75) is 12.8 Å². The molecule has 1 fully saturated rings. The summed E-state index contributed by atoms with van der Waals surface area (Å²) in [6.07, 6.45) is 2.21. The highest BCUT2D eigenvalue weighted by Crippen LogP contribution is 2.25. The number of aromatic carboxylic acids is 1. The number of hydrogen-bond donors (Lipinski definition) is 2. The van der Waals surface area contributed by atoms with Crippen LogP contribution in [0.3, 0.4) is 0 Å². The zero-order valence-corrected chi connectivity index (χ0v) is 11.6. The predicted molar refractivity (Wildman–Crippen MR) is 73.1 cm³/mol. The molecule has 18 heavy (non-hydrogen) atoms. The number of ether oxygens (including phenoxy) is 1. The lowest BCUT2D eigenvalue weighted by atomic mass is 10.0. The molecule has 2 rings (SSSR count). The summed E-state index contributed by atoms with van der Waals surface area (Å²) in [6.45, 7) is 2.34. The minimum atomic E-state index is -0.926. The quantitative estimate of drug-likeness (QED) is 0.897. The van der Waals surface area contributed by atoms with Gasteiger partial charge < -0.3 is 15.2 Å². The van der Waals surface area contributed by atoms with Gasteiger partial charge in [-0.1, -0.05) is 6.07 Å². The first-order chi connectivity index (χ1) is 8.68. The number of benzene rings is 1. The topological polar surface area (TPSA) is 58.6 Å². The Balaban J connectivity index is 2.04. The third-order valence-electron chi connectivity index (χ3n) is 3.06. The first kappa shape index (κ1) is 13.4. The van der Waals surface area contributed by atoms with Gasteiger partial charge in [0.25, 0.3) is 0 Å². The van der Waals surface area contributed by atoms with Crippen LogP contribution in [-0.4, -0.2) is 30.8 Å². The molecule has 1 saturated heterocycles. The van der Waals surface area contributed by atoms with Crippen LogP contribution in [0.4, 0.5) is 5.69 Å². The van der Waals surface area contributed by atoms with Gasteiger partial charge in [-0.25, -0.2) is 4.79 Å². The van der Waals surface area contributed by atoms with E-state index in [9.17, 15) is 9.90 Å². The van der Waals surface area contributed by atoms with E-state index in [1.54, 1.807) is 12.1 Å². The lowest BCUT2D eigenvalue weighted by Crippen LogP contribution is -2.24. The molecule has 1 aromatic rings. The fraction of sp³-hybridized carbons (Fsp3) is 0.462. The Bertz CT molecular complexity index is 430. The summed E-state index contributed by atoms with van der Waals surface area (Å²) in [4.78, 5) is 11.2. The van der Waals surface area contributed by atoms with Crippen molar-refractivity contribution in [3.05, 3.63) is 28.2 Å². The predicted octanol–water partition coefficient (Wildman–Crippen LogP) is 2.99. The molecule has 2 N–H and O–H groups in total. The molecule has 1 aliphatic heterocycles. The van der Waals surface area contributed by atoms with Crippen LogP contribution in [0.25, 0.3) is 0 Å². The molecular weight excluding hydrogens is 298 g/mol. The Kier molecular flexibility index (Phi) is 4.60. The van der Waals surface area contributed by atoms with Gasteiger partial charge in [-0.3, -0.25) is 0 Å². The second kappa shape index (κ2) is 6.20. The summed E-state index contributed by atoms with van der Waals surface area (Å²) >= 11 is 3.27. The van der Waals surface area contributed by atoms with Crippen LogP contribution in [0.5, 0.6) is 0 Å². The Morgan fingerprint density at radius 3 is 3.06 bits per heavy atom. The monoisotopic (exact) mass is 313 g/mol. The highest BCUT2D eigenvalue weighted by atomic mass is 79.9. The van der Waals surface area contributed by atoms with Gasteiger partial charge in [0.2, 0.25) is 0 Å². The number of carboxylic acid groups (broad SMARTS) is 1. The standard InChI is InChI=1S/C13H16BrNO3/c14-10-4-1-5-11(12(10)13(16)17)15-7-9-3-2-6-18-8-9/h1,4-5,9,15H,2-3,6-8H2,(H,16,17). The van der Waals surface area contributed by atoms with Crippen LogP contribution in [0.15, 0.2) is 22.7 Å². The number of hydrogen-bond acceptors (Lipinski definition) is 3. The highest BCUT2D eigenvalue weighted by Gasteiger charge is 2.17. The maximum absolute atomic E-state index is 11.2. The number of carbonyl (C=O) groups is 1. The van der Waals surface area contributed by atoms with E-state index in [1.165, 1.54) is 0 Å². The van der Waals surface area contributed by atoms with Crippen molar-refractivity contribution < 1.29 is 14.6 Å². The molecule has 0 aromatic heterocycles. The lowest BCUT2D eigenvalue weighted by molar-refractivity contribution is 0.0595. The fourth-order valence-corrected chi connectivity index (χ4v) is 2.65. The van der Waals surface area contributed by atoms with Gasteiger partial charge in [-0.15, -0.1) is 0 Å². The Morgan fingerprint density at radius 2 is 2.39 bits per heavy atom. The van der Waals surface area contributed by atoms with E-state index in [0.29, 0.717) is 16.1 Å². The molecule has 1 aliphatic rings. The molecule has 0 radical (unpaired) electrons. The number of anilines is 1. The van der Waals surface area contributed by atoms with E-state index >= 15 is 0 Å². The Morgan fingerprint density at radius 1 is 1.56 bits per heavy atom. The molecule has 4 nitrogen and oxygen atoms in total. The molecule has 98 valence electrons. The van der Waals surface area contributed by atoms with Gasteiger partial charge in [0.15, 0.2) is 0 Å². The summed E-state index contributed by atoms with van der Waals surface area (Å²) in [5.74, 6) is -0.468. The van der Waals surface area contributed by atoms with Crippen LogP contribution >= 0.6 is 15.9 Å². The minimum absolute atomic E-state index is 0.286. The van der Waals surface area contributed by atoms with Crippen molar-refractivity contribution in [2.24, 2.45) is 5.92 Å². The van der Waals surface area contributed by atoms with Crippen molar-refractivity contribution in [1.29, 1.82) is 0 Å². The molecule has 1 atom stereocenters. The second-order valence-electron chi connectivity index (χ2n) is 4.43. The maximum atomic E-state index is 11.2. The van der Waals surface area contributed by atoms with E-state index < -0.39 is 5.97 Å². The van der Waals surface area contributed by atoms with Crippen LogP contribution in [0.1, 0.15) is 23.2 Å². The van der Waals surface area contributed by atoms with Crippen LogP contribution in [0.2, 0.25) is 0 Å². The van der Waals surface area contributed by atoms with E-state index in [0.717, 1.165) is 32.6 Å². The first-order valence-electron chi connectivity index (χ1n) is 6.02. The van der Waals surface area contributed by atoms with Gasteiger partial charge in [0, 0.05) is 23.3 Å². The van der Waals surface area contributed by atoms with Crippen LogP contribution in [0, 0.1) is 5.92 Å². The molecular formula is C13H16BrNO3. The number of rotatable bonds is 4. The zero-order chi connectivity index (χ0) is 13.0.